The maximum absolute atomic E-state index is 2.29. The van der Waals surface area contributed by atoms with Crippen molar-refractivity contribution in [3.8, 4) is 55.6 Å². The van der Waals surface area contributed by atoms with Gasteiger partial charge in [0.15, 0.2) is 0 Å². The van der Waals surface area contributed by atoms with E-state index in [1.807, 2.05) is 138 Å². The Hall–Kier alpha value is -4.88. The van der Waals surface area contributed by atoms with Crippen molar-refractivity contribution in [3.63, 3.8) is 0 Å². The van der Waals surface area contributed by atoms with E-state index in [-0.39, 0.29) is 0 Å². The van der Waals surface area contributed by atoms with Gasteiger partial charge in [0.2, 0.25) is 0 Å². The van der Waals surface area contributed by atoms with Crippen LogP contribution in [0.3, 0.4) is 0 Å². The molecule has 0 radical (unpaired) electrons. The van der Waals surface area contributed by atoms with Gasteiger partial charge in [0.05, 0.1) is 5.69 Å². The van der Waals surface area contributed by atoms with E-state index in [9.17, 15) is 0 Å². The summed E-state index contributed by atoms with van der Waals surface area (Å²) >= 11 is 0. The molecule has 1 nitrogen and oxygen atoms in total. The molecular formula is C58H91N. The van der Waals surface area contributed by atoms with Crippen LogP contribution in [0.1, 0.15) is 138 Å². The summed E-state index contributed by atoms with van der Waals surface area (Å²) in [5.74, 6) is 0. The third kappa shape index (κ3) is 20.1. The van der Waals surface area contributed by atoms with Gasteiger partial charge in [0, 0.05) is 36.3 Å². The van der Waals surface area contributed by atoms with Crippen LogP contribution in [0, 0.1) is 0 Å². The molecule has 6 rings (SSSR count). The van der Waals surface area contributed by atoms with Crippen LogP contribution < -0.4 is 4.90 Å². The molecule has 1 heteroatoms. The van der Waals surface area contributed by atoms with E-state index in [4.69, 9.17) is 0 Å². The monoisotopic (exact) mass is 802 g/mol. The first-order valence-corrected chi connectivity index (χ1v) is 23.4. The maximum Gasteiger partial charge on any atom is 0.0533 e. The van der Waals surface area contributed by atoms with Gasteiger partial charge in [-0.15, -0.1) is 0 Å². The predicted octanol–water partition coefficient (Wildman–Crippen LogP) is 20.3. The van der Waals surface area contributed by atoms with Crippen LogP contribution in [0.5, 0.6) is 0 Å². The van der Waals surface area contributed by atoms with Crippen molar-refractivity contribution in [1.29, 1.82) is 0 Å². The summed E-state index contributed by atoms with van der Waals surface area (Å²) in [7, 11) is 4.33. The van der Waals surface area contributed by atoms with E-state index >= 15 is 0 Å². The lowest BCUT2D eigenvalue weighted by Gasteiger charge is -2.31. The minimum absolute atomic E-state index is 1.20. The zero-order valence-electron chi connectivity index (χ0n) is 42.4. The molecule has 59 heavy (non-hydrogen) atoms. The fourth-order valence-electron chi connectivity index (χ4n) is 5.64. The first kappa shape index (κ1) is 63.3. The molecule has 0 heterocycles. The summed E-state index contributed by atoms with van der Waals surface area (Å²) in [4.78, 5) is 2.29. The molecule has 0 saturated heterocycles. The Bertz CT molecular complexity index is 1570. The molecule has 0 atom stereocenters. The Morgan fingerprint density at radius 3 is 0.492 bits per heavy atom. The smallest absolute Gasteiger partial charge is 0.0533 e. The van der Waals surface area contributed by atoms with Crippen LogP contribution in [-0.4, -0.2) is 14.1 Å². The highest BCUT2D eigenvalue weighted by molar-refractivity contribution is 6.14. The lowest BCUT2D eigenvalue weighted by molar-refractivity contribution is 1.14. The molecule has 0 unspecified atom stereocenters. The van der Waals surface area contributed by atoms with Crippen LogP contribution in [0.2, 0.25) is 0 Å². The van der Waals surface area contributed by atoms with Crippen molar-refractivity contribution in [1.82, 2.24) is 0 Å². The molecule has 0 saturated carbocycles. The molecule has 0 fully saturated rings. The molecule has 6 aromatic rings. The van der Waals surface area contributed by atoms with Crippen molar-refractivity contribution in [2.45, 2.75) is 138 Å². The average Bonchev–Trinajstić information content (AvgIpc) is 3.38. The molecule has 0 spiro atoms. The Morgan fingerprint density at radius 1 is 0.203 bits per heavy atom. The van der Waals surface area contributed by atoms with Gasteiger partial charge < -0.3 is 4.90 Å². The summed E-state index contributed by atoms with van der Waals surface area (Å²) in [5.41, 5.74) is 13.4. The fourth-order valence-corrected chi connectivity index (χ4v) is 5.64. The molecule has 0 N–H and O–H groups in total. The second-order valence-electron chi connectivity index (χ2n) is 9.95. The van der Waals surface area contributed by atoms with Crippen molar-refractivity contribution in [2.24, 2.45) is 0 Å². The summed E-state index contributed by atoms with van der Waals surface area (Å²) < 4.78 is 0. The Morgan fingerprint density at radius 2 is 0.339 bits per heavy atom. The number of hydrogen-bond acceptors (Lipinski definition) is 1. The van der Waals surface area contributed by atoms with Crippen LogP contribution in [-0.2, 0) is 0 Å². The molecule has 0 aromatic heterocycles. The van der Waals surface area contributed by atoms with E-state index in [1.165, 1.54) is 61.3 Å². The Balaban J connectivity index is -0.000000428. The molecule has 0 bridgehead atoms. The first-order chi connectivity index (χ1) is 29.2. The van der Waals surface area contributed by atoms with Crippen LogP contribution in [0.15, 0.2) is 152 Å². The van der Waals surface area contributed by atoms with Crippen LogP contribution in [0.4, 0.5) is 5.69 Å². The van der Waals surface area contributed by atoms with Crippen molar-refractivity contribution < 1.29 is 0 Å². The maximum atomic E-state index is 2.29. The normalized spacial score (nSPS) is 8.17. The van der Waals surface area contributed by atoms with E-state index in [0.29, 0.717) is 0 Å². The molecule has 6 aromatic carbocycles. The number of hydrogen-bond donors (Lipinski definition) is 0. The second kappa shape index (κ2) is 45.8. The largest absolute Gasteiger partial charge is 0.377 e. The van der Waals surface area contributed by atoms with E-state index < -0.39 is 0 Å². The third-order valence-corrected chi connectivity index (χ3v) is 7.23. The average molecular weight is 802 g/mol. The number of rotatable bonds is 6. The van der Waals surface area contributed by atoms with Crippen molar-refractivity contribution in [3.05, 3.63) is 152 Å². The summed E-state index contributed by atoms with van der Waals surface area (Å²) in [6, 6.07) is 54.3. The van der Waals surface area contributed by atoms with E-state index in [1.54, 1.807) is 0 Å². The molecule has 0 aliphatic heterocycles. The zero-order chi connectivity index (χ0) is 46.6. The standard InChI is InChI=1S/C38H31N.10C2H6/c1-39(2)38-36(31-24-14-6-15-25-31)34(29-20-10-4-11-21-29)33(28-18-8-3-9-19-28)35(30-22-12-5-13-23-30)37(38)32-26-16-7-17-27-32;10*1-2/h3-27H,1-2H3;10*1-2H3. The summed E-state index contributed by atoms with van der Waals surface area (Å²) in [5, 5.41) is 0. The Kier molecular flexibility index (Phi) is 49.2. The van der Waals surface area contributed by atoms with Gasteiger partial charge >= 0.3 is 0 Å². The van der Waals surface area contributed by atoms with E-state index in [0.717, 1.165) is 0 Å². The Labute approximate surface area is 369 Å². The van der Waals surface area contributed by atoms with Gasteiger partial charge in [-0.3, -0.25) is 0 Å². The molecule has 0 aliphatic rings. The van der Waals surface area contributed by atoms with Gasteiger partial charge in [0.25, 0.3) is 0 Å². The van der Waals surface area contributed by atoms with Gasteiger partial charge in [-0.2, -0.15) is 0 Å². The third-order valence-electron chi connectivity index (χ3n) is 7.23. The highest BCUT2D eigenvalue weighted by Crippen LogP contribution is 2.55. The first-order valence-electron chi connectivity index (χ1n) is 23.4. The molecule has 0 aliphatic carbocycles. The second-order valence-corrected chi connectivity index (χ2v) is 9.95. The van der Waals surface area contributed by atoms with Gasteiger partial charge in [-0.1, -0.05) is 290 Å². The number of anilines is 1. The topological polar surface area (TPSA) is 3.24 Å². The van der Waals surface area contributed by atoms with Gasteiger partial charge in [0.1, 0.15) is 0 Å². The fraction of sp³-hybridized carbons (Fsp3) is 0.379. The summed E-state index contributed by atoms with van der Waals surface area (Å²) in [6.07, 6.45) is 0. The lowest BCUT2D eigenvalue weighted by Crippen LogP contribution is -2.14. The molecule has 328 valence electrons. The summed E-state index contributed by atoms with van der Waals surface area (Å²) in [6.45, 7) is 40.0. The molecular weight excluding hydrogens is 711 g/mol. The SMILES string of the molecule is CC.CC.CC.CC.CC.CC.CC.CC.CC.CC.CN(C)c1c(-c2ccccc2)c(-c2ccccc2)c(-c2ccccc2)c(-c2ccccc2)c1-c1ccccc1. The van der Waals surface area contributed by atoms with Crippen molar-refractivity contribution in [2.75, 3.05) is 19.0 Å². The molecule has 0 amide bonds. The minimum atomic E-state index is 1.20. The van der Waals surface area contributed by atoms with Crippen LogP contribution >= 0.6 is 0 Å². The highest BCUT2D eigenvalue weighted by atomic mass is 15.1. The van der Waals surface area contributed by atoms with Gasteiger partial charge in [-0.25, -0.2) is 0 Å². The minimum Gasteiger partial charge on any atom is -0.377 e. The quantitative estimate of drug-likeness (QED) is 0.162. The van der Waals surface area contributed by atoms with Crippen molar-refractivity contribution >= 4 is 5.69 Å². The number of nitrogens with zero attached hydrogens (tertiary/aromatic N) is 1. The van der Waals surface area contributed by atoms with Gasteiger partial charge in [-0.05, 0) is 33.4 Å². The number of benzene rings is 6. The highest BCUT2D eigenvalue weighted by Gasteiger charge is 2.28. The lowest BCUT2D eigenvalue weighted by atomic mass is 9.77. The predicted molar refractivity (Wildman–Crippen MR) is 281 cm³/mol. The zero-order valence-corrected chi connectivity index (χ0v) is 42.4. The van der Waals surface area contributed by atoms with E-state index in [2.05, 4.69) is 171 Å². The van der Waals surface area contributed by atoms with Crippen LogP contribution in [0.25, 0.3) is 55.6 Å².